The first kappa shape index (κ1) is 8.20. The molecule has 0 aliphatic carbocycles. The van der Waals surface area contributed by atoms with Gasteiger partial charge in [0.1, 0.15) is 6.54 Å². The van der Waals surface area contributed by atoms with Gasteiger partial charge in [-0.2, -0.15) is 5.26 Å². The molecule has 6 heteroatoms. The minimum atomic E-state index is -0.209. The lowest BCUT2D eigenvalue weighted by Crippen LogP contribution is -2.05. The Labute approximate surface area is 68.8 Å². The third kappa shape index (κ3) is 2.05. The Morgan fingerprint density at radius 3 is 3.25 bits per heavy atom. The number of hydrogen-bond donors (Lipinski definition) is 1. The Morgan fingerprint density at radius 1 is 1.92 bits per heavy atom. The summed E-state index contributed by atoms with van der Waals surface area (Å²) in [6, 6.07) is 1.90. The van der Waals surface area contributed by atoms with Gasteiger partial charge in [-0.1, -0.05) is 5.21 Å². The number of nitrogens with zero attached hydrogens (tertiary/aromatic N) is 4. The summed E-state index contributed by atoms with van der Waals surface area (Å²) in [6.45, 7) is 1.51. The molecule has 0 aliphatic rings. The summed E-state index contributed by atoms with van der Waals surface area (Å²) in [7, 11) is 0. The molecule has 62 valence electrons. The van der Waals surface area contributed by atoms with Gasteiger partial charge in [0.25, 0.3) is 0 Å². The number of carbonyl (C=O) groups is 1. The highest BCUT2D eigenvalue weighted by atomic mass is 16.1. The van der Waals surface area contributed by atoms with E-state index in [1.807, 2.05) is 6.07 Å². The average Bonchev–Trinajstić information content (AvgIpc) is 2.36. The molecule has 0 aliphatic heterocycles. The molecule has 0 bridgehead atoms. The van der Waals surface area contributed by atoms with E-state index in [0.717, 1.165) is 0 Å². The van der Waals surface area contributed by atoms with Crippen LogP contribution in [0.5, 0.6) is 0 Å². The van der Waals surface area contributed by atoms with Gasteiger partial charge in [-0.05, 0) is 0 Å². The summed E-state index contributed by atoms with van der Waals surface area (Å²) in [5.41, 5.74) is 0. The van der Waals surface area contributed by atoms with E-state index in [0.29, 0.717) is 5.82 Å². The van der Waals surface area contributed by atoms with Gasteiger partial charge in [-0.3, -0.25) is 4.79 Å². The van der Waals surface area contributed by atoms with Crippen molar-refractivity contribution < 1.29 is 4.79 Å². The molecule has 1 amide bonds. The third-order valence-electron chi connectivity index (χ3n) is 1.08. The number of rotatable bonds is 2. The fourth-order valence-electron chi connectivity index (χ4n) is 0.686. The first-order chi connectivity index (χ1) is 5.72. The van der Waals surface area contributed by atoms with Gasteiger partial charge >= 0.3 is 0 Å². The lowest BCUT2D eigenvalue weighted by atomic mass is 10.6. The molecule has 0 unspecified atom stereocenters. The number of nitriles is 1. The van der Waals surface area contributed by atoms with E-state index in [-0.39, 0.29) is 12.5 Å². The van der Waals surface area contributed by atoms with Crippen LogP contribution in [0.2, 0.25) is 0 Å². The van der Waals surface area contributed by atoms with Crippen molar-refractivity contribution in [2.45, 2.75) is 13.5 Å². The van der Waals surface area contributed by atoms with Gasteiger partial charge in [-0.15, -0.1) is 5.10 Å². The maximum Gasteiger partial charge on any atom is 0.222 e. The van der Waals surface area contributed by atoms with E-state index in [9.17, 15) is 4.79 Å². The van der Waals surface area contributed by atoms with Gasteiger partial charge < -0.3 is 5.32 Å². The van der Waals surface area contributed by atoms with E-state index >= 15 is 0 Å². The Hall–Kier alpha value is -1.90. The van der Waals surface area contributed by atoms with Crippen LogP contribution in [-0.4, -0.2) is 20.9 Å². The van der Waals surface area contributed by atoms with Crippen LogP contribution in [0.1, 0.15) is 6.92 Å². The fourth-order valence-corrected chi connectivity index (χ4v) is 0.686. The maximum absolute atomic E-state index is 10.5. The Balaban J connectivity index is 2.65. The quantitative estimate of drug-likeness (QED) is 0.655. The van der Waals surface area contributed by atoms with Crippen molar-refractivity contribution in [3.8, 4) is 6.07 Å². The van der Waals surface area contributed by atoms with E-state index in [4.69, 9.17) is 5.26 Å². The maximum atomic E-state index is 10.5. The monoisotopic (exact) mass is 165 g/mol. The van der Waals surface area contributed by atoms with E-state index in [1.165, 1.54) is 17.8 Å². The molecular formula is C6H7N5O. The number of hydrogen-bond acceptors (Lipinski definition) is 4. The molecule has 1 aromatic rings. The predicted octanol–water partition coefficient (Wildman–Crippen LogP) is -0.240. The Morgan fingerprint density at radius 2 is 2.67 bits per heavy atom. The van der Waals surface area contributed by atoms with Crippen LogP contribution >= 0.6 is 0 Å². The van der Waals surface area contributed by atoms with Gasteiger partial charge in [0.05, 0.1) is 12.3 Å². The van der Waals surface area contributed by atoms with Crippen LogP contribution in [-0.2, 0) is 11.3 Å². The molecule has 6 nitrogen and oxygen atoms in total. The second-order valence-electron chi connectivity index (χ2n) is 2.14. The summed E-state index contributed by atoms with van der Waals surface area (Å²) in [4.78, 5) is 10.5. The molecule has 0 saturated heterocycles. The van der Waals surface area contributed by atoms with Crippen molar-refractivity contribution in [3.05, 3.63) is 6.20 Å². The lowest BCUT2D eigenvalue weighted by molar-refractivity contribution is -0.114. The minimum Gasteiger partial charge on any atom is -0.308 e. The molecule has 0 saturated carbocycles. The largest absolute Gasteiger partial charge is 0.308 e. The highest BCUT2D eigenvalue weighted by Crippen LogP contribution is 1.98. The second-order valence-corrected chi connectivity index (χ2v) is 2.14. The molecule has 0 fully saturated rings. The first-order valence-corrected chi connectivity index (χ1v) is 3.27. The predicted molar refractivity (Wildman–Crippen MR) is 39.9 cm³/mol. The van der Waals surface area contributed by atoms with Crippen LogP contribution < -0.4 is 5.32 Å². The summed E-state index contributed by atoms with van der Waals surface area (Å²) in [5, 5.41) is 17.9. The van der Waals surface area contributed by atoms with Crippen molar-refractivity contribution in [2.24, 2.45) is 0 Å². The number of aromatic nitrogens is 3. The second kappa shape index (κ2) is 3.48. The smallest absolute Gasteiger partial charge is 0.222 e. The van der Waals surface area contributed by atoms with Gasteiger partial charge in [-0.25, -0.2) is 4.68 Å². The summed E-state index contributed by atoms with van der Waals surface area (Å²) >= 11 is 0. The zero-order valence-corrected chi connectivity index (χ0v) is 6.48. The van der Waals surface area contributed by atoms with E-state index in [2.05, 4.69) is 15.6 Å². The van der Waals surface area contributed by atoms with Crippen LogP contribution in [0.3, 0.4) is 0 Å². The Bertz CT molecular complexity index is 323. The van der Waals surface area contributed by atoms with Crippen molar-refractivity contribution >= 4 is 11.7 Å². The number of amides is 1. The van der Waals surface area contributed by atoms with E-state index < -0.39 is 0 Å². The van der Waals surface area contributed by atoms with Crippen molar-refractivity contribution in [3.63, 3.8) is 0 Å². The normalized spacial score (nSPS) is 9.00. The molecular weight excluding hydrogens is 158 g/mol. The average molecular weight is 165 g/mol. The molecule has 1 N–H and O–H groups in total. The molecule has 0 aromatic carbocycles. The number of carbonyl (C=O) groups excluding carboxylic acids is 1. The van der Waals surface area contributed by atoms with Crippen LogP contribution in [0, 0.1) is 11.3 Å². The summed E-state index contributed by atoms with van der Waals surface area (Å²) in [5.74, 6) is 0.150. The van der Waals surface area contributed by atoms with Gasteiger partial charge in [0.2, 0.25) is 5.91 Å². The summed E-state index contributed by atoms with van der Waals surface area (Å²) in [6.07, 6.45) is 1.49. The molecule has 12 heavy (non-hydrogen) atoms. The molecule has 1 heterocycles. The highest BCUT2D eigenvalue weighted by Gasteiger charge is 2.00. The molecule has 0 spiro atoms. The molecule has 0 radical (unpaired) electrons. The Kier molecular flexibility index (Phi) is 2.38. The van der Waals surface area contributed by atoms with E-state index in [1.54, 1.807) is 0 Å². The topological polar surface area (TPSA) is 83.6 Å². The number of anilines is 1. The SMILES string of the molecule is CC(=O)Nc1cn(CC#N)nn1. The number of nitrogens with one attached hydrogen (secondary N) is 1. The van der Waals surface area contributed by atoms with Crippen molar-refractivity contribution in [1.29, 1.82) is 5.26 Å². The zero-order chi connectivity index (χ0) is 8.97. The molecule has 1 aromatic heterocycles. The van der Waals surface area contributed by atoms with Crippen LogP contribution in [0.4, 0.5) is 5.82 Å². The van der Waals surface area contributed by atoms with Gasteiger partial charge in [0.15, 0.2) is 5.82 Å². The van der Waals surface area contributed by atoms with Gasteiger partial charge in [0, 0.05) is 6.92 Å². The zero-order valence-electron chi connectivity index (χ0n) is 6.48. The van der Waals surface area contributed by atoms with Crippen LogP contribution in [0.15, 0.2) is 6.20 Å². The summed E-state index contributed by atoms with van der Waals surface area (Å²) < 4.78 is 1.34. The standard InChI is InChI=1S/C6H7N5O/c1-5(12)8-6-4-11(3-2-7)10-9-6/h4H,3H2,1H3,(H,8,12). The van der Waals surface area contributed by atoms with Crippen molar-refractivity contribution in [1.82, 2.24) is 15.0 Å². The minimum absolute atomic E-state index is 0.132. The molecule has 1 rings (SSSR count). The van der Waals surface area contributed by atoms with Crippen LogP contribution in [0.25, 0.3) is 0 Å². The highest BCUT2D eigenvalue weighted by molar-refractivity contribution is 5.87. The first-order valence-electron chi connectivity index (χ1n) is 3.27. The molecule has 0 atom stereocenters. The lowest BCUT2D eigenvalue weighted by Gasteiger charge is -1.91. The third-order valence-corrected chi connectivity index (χ3v) is 1.08. The fraction of sp³-hybridized carbons (Fsp3) is 0.333. The van der Waals surface area contributed by atoms with Crippen molar-refractivity contribution in [2.75, 3.05) is 5.32 Å².